The van der Waals surface area contributed by atoms with Crippen LogP contribution in [-0.4, -0.2) is 88.4 Å². The van der Waals surface area contributed by atoms with E-state index in [9.17, 15) is 22.8 Å². The smallest absolute Gasteiger partial charge is 0.401 e. The first kappa shape index (κ1) is 23.6. The lowest BCUT2D eigenvalue weighted by molar-refractivity contribution is -0.145. The molecule has 2 rings (SSSR count). The molecule has 0 spiro atoms. The lowest BCUT2D eigenvalue weighted by Gasteiger charge is -2.23. The highest BCUT2D eigenvalue weighted by Gasteiger charge is 2.31. The number of benzene rings is 1. The number of hydrogen-bond acceptors (Lipinski definition) is 6. The predicted octanol–water partition coefficient (Wildman–Crippen LogP) is 1.54. The van der Waals surface area contributed by atoms with Gasteiger partial charge >= 0.3 is 6.18 Å². The molecular weight excluding hydrogens is 407 g/mol. The van der Waals surface area contributed by atoms with Crippen molar-refractivity contribution in [3.63, 3.8) is 0 Å². The number of nitrogens with one attached hydrogen (secondary N) is 1. The maximum atomic E-state index is 12.6. The van der Waals surface area contributed by atoms with Crippen molar-refractivity contribution in [1.82, 2.24) is 15.1 Å². The van der Waals surface area contributed by atoms with Crippen LogP contribution >= 0.6 is 0 Å². The number of ether oxygens (including phenoxy) is 3. The fourth-order valence-electron chi connectivity index (χ4n) is 3.21. The van der Waals surface area contributed by atoms with Gasteiger partial charge in [0.05, 0.1) is 34.4 Å². The van der Waals surface area contributed by atoms with Crippen molar-refractivity contribution in [2.24, 2.45) is 0 Å². The topological polar surface area (TPSA) is 80.3 Å². The van der Waals surface area contributed by atoms with Crippen molar-refractivity contribution in [3.8, 4) is 17.2 Å². The first-order chi connectivity index (χ1) is 14.2. The molecule has 30 heavy (non-hydrogen) atoms. The molecular formula is C19H26F3N3O5. The number of hydrogen-bond donors (Lipinski definition) is 1. The van der Waals surface area contributed by atoms with Crippen LogP contribution in [0.2, 0.25) is 0 Å². The van der Waals surface area contributed by atoms with Gasteiger partial charge in [-0.3, -0.25) is 14.5 Å². The predicted molar refractivity (Wildman–Crippen MR) is 102 cm³/mol. The van der Waals surface area contributed by atoms with Crippen LogP contribution in [0.25, 0.3) is 0 Å². The van der Waals surface area contributed by atoms with Crippen molar-refractivity contribution in [2.75, 3.05) is 60.6 Å². The van der Waals surface area contributed by atoms with Gasteiger partial charge in [-0.2, -0.15) is 13.2 Å². The summed E-state index contributed by atoms with van der Waals surface area (Å²) in [6.45, 7) is -0.350. The van der Waals surface area contributed by atoms with Crippen LogP contribution in [0, 0.1) is 0 Å². The monoisotopic (exact) mass is 433 g/mol. The van der Waals surface area contributed by atoms with Crippen molar-refractivity contribution < 1.29 is 37.0 Å². The summed E-state index contributed by atoms with van der Waals surface area (Å²) in [6, 6.07) is 2.92. The van der Waals surface area contributed by atoms with Gasteiger partial charge in [-0.25, -0.2) is 0 Å². The normalized spacial score (nSPS) is 15.3. The number of carbonyl (C=O) groups is 2. The molecule has 1 fully saturated rings. The molecule has 1 N–H and O–H groups in total. The Morgan fingerprint density at radius 2 is 1.63 bits per heavy atom. The van der Waals surface area contributed by atoms with Crippen LogP contribution in [0.1, 0.15) is 16.8 Å². The summed E-state index contributed by atoms with van der Waals surface area (Å²) in [4.78, 5) is 27.6. The lowest BCUT2D eigenvalue weighted by Crippen LogP contribution is -2.42. The molecule has 0 aromatic heterocycles. The highest BCUT2D eigenvalue weighted by molar-refractivity contribution is 5.97. The summed E-state index contributed by atoms with van der Waals surface area (Å²) in [5, 5.41) is 2.53. The second-order valence-corrected chi connectivity index (χ2v) is 6.72. The molecule has 168 valence electrons. The molecule has 1 saturated heterocycles. The van der Waals surface area contributed by atoms with Gasteiger partial charge in [-0.05, 0) is 18.6 Å². The molecule has 8 nitrogen and oxygen atoms in total. The quantitative estimate of drug-likeness (QED) is 0.703. The van der Waals surface area contributed by atoms with Gasteiger partial charge in [0.25, 0.3) is 5.91 Å². The fourth-order valence-corrected chi connectivity index (χ4v) is 3.21. The zero-order valence-electron chi connectivity index (χ0n) is 17.2. The van der Waals surface area contributed by atoms with Crippen LogP contribution in [-0.2, 0) is 4.79 Å². The molecule has 1 aliphatic rings. The molecule has 0 aliphatic carbocycles. The third-order valence-electron chi connectivity index (χ3n) is 4.67. The van der Waals surface area contributed by atoms with Crippen molar-refractivity contribution in [3.05, 3.63) is 17.7 Å². The highest BCUT2D eigenvalue weighted by Crippen LogP contribution is 2.38. The summed E-state index contributed by atoms with van der Waals surface area (Å²) in [7, 11) is 4.28. The molecule has 0 unspecified atom stereocenters. The molecule has 11 heteroatoms. The van der Waals surface area contributed by atoms with E-state index in [0.29, 0.717) is 30.2 Å². The van der Waals surface area contributed by atoms with Crippen LogP contribution in [0.5, 0.6) is 17.2 Å². The Balaban J connectivity index is 1.95. The summed E-state index contributed by atoms with van der Waals surface area (Å²) in [5.41, 5.74) is 0.213. The zero-order valence-corrected chi connectivity index (χ0v) is 17.2. The van der Waals surface area contributed by atoms with E-state index in [1.54, 1.807) is 0 Å². The maximum Gasteiger partial charge on any atom is 0.401 e. The average molecular weight is 433 g/mol. The van der Waals surface area contributed by atoms with Crippen LogP contribution in [0.15, 0.2) is 12.1 Å². The van der Waals surface area contributed by atoms with E-state index in [4.69, 9.17) is 14.2 Å². The number of rotatable bonds is 7. The molecule has 1 aromatic carbocycles. The van der Waals surface area contributed by atoms with E-state index in [1.807, 2.05) is 0 Å². The van der Waals surface area contributed by atoms with E-state index in [1.165, 1.54) is 43.3 Å². The van der Waals surface area contributed by atoms with Gasteiger partial charge in [0.2, 0.25) is 11.7 Å². The SMILES string of the molecule is COc1cc(C(=O)NCC(=O)N2CCCN(CC(F)(F)F)CC2)cc(OC)c1OC. The first-order valence-corrected chi connectivity index (χ1v) is 9.33. The Hall–Kier alpha value is -2.69. The molecule has 1 aliphatic heterocycles. The number of carbonyl (C=O) groups excluding carboxylic acids is 2. The van der Waals surface area contributed by atoms with Crippen LogP contribution in [0.4, 0.5) is 13.2 Å². The molecule has 1 aromatic rings. The maximum absolute atomic E-state index is 12.6. The van der Waals surface area contributed by atoms with E-state index in [-0.39, 0.29) is 37.6 Å². The molecule has 2 amide bonds. The highest BCUT2D eigenvalue weighted by atomic mass is 19.4. The van der Waals surface area contributed by atoms with E-state index in [0.717, 1.165) is 0 Å². The second kappa shape index (κ2) is 10.4. The minimum atomic E-state index is -4.27. The second-order valence-electron chi connectivity index (χ2n) is 6.72. The van der Waals surface area contributed by atoms with E-state index < -0.39 is 18.6 Å². The third-order valence-corrected chi connectivity index (χ3v) is 4.67. The van der Waals surface area contributed by atoms with Crippen molar-refractivity contribution >= 4 is 11.8 Å². The van der Waals surface area contributed by atoms with E-state index >= 15 is 0 Å². The standard InChI is InChI=1S/C19H26F3N3O5/c1-28-14-9-13(10-15(29-2)17(14)30-3)18(27)23-11-16(26)25-6-4-5-24(7-8-25)12-19(20,21)22/h9-10H,4-8,11-12H2,1-3H3,(H,23,27). The summed E-state index contributed by atoms with van der Waals surface area (Å²) in [5.74, 6) is 0.0533. The van der Waals surface area contributed by atoms with Crippen molar-refractivity contribution in [2.45, 2.75) is 12.6 Å². The minimum absolute atomic E-state index is 0.131. The largest absolute Gasteiger partial charge is 0.493 e. The number of halogens is 3. The molecule has 0 saturated carbocycles. The van der Waals surface area contributed by atoms with Gasteiger partial charge in [-0.1, -0.05) is 0 Å². The minimum Gasteiger partial charge on any atom is -0.493 e. The van der Waals surface area contributed by atoms with E-state index in [2.05, 4.69) is 5.32 Å². The van der Waals surface area contributed by atoms with Gasteiger partial charge in [-0.15, -0.1) is 0 Å². The Bertz CT molecular complexity index is 732. The fraction of sp³-hybridized carbons (Fsp3) is 0.579. The Morgan fingerprint density at radius 3 is 2.17 bits per heavy atom. The van der Waals surface area contributed by atoms with Gasteiger partial charge in [0.15, 0.2) is 11.5 Å². The van der Waals surface area contributed by atoms with Gasteiger partial charge < -0.3 is 24.4 Å². The number of methoxy groups -OCH3 is 3. The molecule has 0 atom stereocenters. The summed E-state index contributed by atoms with van der Waals surface area (Å²) < 4.78 is 53.3. The zero-order chi connectivity index (χ0) is 22.3. The Labute approximate surface area is 172 Å². The Kier molecular flexibility index (Phi) is 8.16. The average Bonchev–Trinajstić information content (AvgIpc) is 2.94. The molecule has 0 bridgehead atoms. The van der Waals surface area contributed by atoms with Gasteiger partial charge in [0, 0.05) is 31.7 Å². The third kappa shape index (κ3) is 6.41. The first-order valence-electron chi connectivity index (χ1n) is 9.33. The van der Waals surface area contributed by atoms with Crippen LogP contribution < -0.4 is 19.5 Å². The summed E-state index contributed by atoms with van der Waals surface area (Å²) >= 11 is 0. The number of amides is 2. The van der Waals surface area contributed by atoms with Crippen molar-refractivity contribution in [1.29, 1.82) is 0 Å². The summed E-state index contributed by atoms with van der Waals surface area (Å²) in [6.07, 6.45) is -3.84. The molecule has 0 radical (unpaired) electrons. The van der Waals surface area contributed by atoms with Crippen LogP contribution in [0.3, 0.4) is 0 Å². The number of alkyl halides is 3. The molecule has 1 heterocycles. The lowest BCUT2D eigenvalue weighted by atomic mass is 10.1. The Morgan fingerprint density at radius 1 is 1.00 bits per heavy atom. The van der Waals surface area contributed by atoms with Gasteiger partial charge in [0.1, 0.15) is 0 Å². The number of nitrogens with zero attached hydrogens (tertiary/aromatic N) is 2.